The van der Waals surface area contributed by atoms with Gasteiger partial charge in [0.2, 0.25) is 0 Å². The van der Waals surface area contributed by atoms with Crippen LogP contribution in [0, 0.1) is 26.1 Å². The van der Waals surface area contributed by atoms with Gasteiger partial charge in [0.05, 0.1) is 22.5 Å². The zero-order valence-corrected chi connectivity index (χ0v) is 13.3. The molecule has 0 bridgehead atoms. The molecule has 12 heteroatoms. The number of hydrogen-bond acceptors (Lipinski definition) is 7. The van der Waals surface area contributed by atoms with Crippen LogP contribution in [-0.4, -0.2) is 29.0 Å². The van der Waals surface area contributed by atoms with Crippen LogP contribution in [0.2, 0.25) is 0 Å². The number of nitro benzene ring substituents is 2. The van der Waals surface area contributed by atoms with Crippen LogP contribution in [0.5, 0.6) is 0 Å². The Kier molecular flexibility index (Phi) is 5.89. The highest BCUT2D eigenvalue weighted by Gasteiger charge is 2.39. The normalized spacial score (nSPS) is 12.6. The molecule has 0 fully saturated rings. The highest BCUT2D eigenvalue weighted by Crippen LogP contribution is 2.41. The first-order valence-electron chi connectivity index (χ1n) is 6.78. The molecule has 138 valence electrons. The Labute approximate surface area is 139 Å². The molecule has 1 aromatic rings. The van der Waals surface area contributed by atoms with Crippen molar-refractivity contribution in [3.8, 4) is 0 Å². The Bertz CT molecular complexity index is 670. The Morgan fingerprint density at radius 1 is 1.16 bits per heavy atom. The third-order valence-electron chi connectivity index (χ3n) is 3.24. The van der Waals surface area contributed by atoms with E-state index < -0.39 is 56.6 Å². The zero-order valence-electron chi connectivity index (χ0n) is 13.3. The summed E-state index contributed by atoms with van der Waals surface area (Å²) >= 11 is 0. The Balaban J connectivity index is 3.64. The van der Waals surface area contributed by atoms with Gasteiger partial charge in [-0.05, 0) is 5.92 Å². The summed E-state index contributed by atoms with van der Waals surface area (Å²) in [6.07, 6.45) is -5.02. The number of nitrogens with zero attached hydrogens (tertiary/aromatic N) is 2. The van der Waals surface area contributed by atoms with Crippen LogP contribution in [0.3, 0.4) is 0 Å². The Morgan fingerprint density at radius 2 is 1.60 bits per heavy atom. The monoisotopic (exact) mass is 365 g/mol. The molecule has 0 aromatic heterocycles. The van der Waals surface area contributed by atoms with Crippen LogP contribution < -0.4 is 5.32 Å². The first-order valence-corrected chi connectivity index (χ1v) is 6.78. The molecule has 9 nitrogen and oxygen atoms in total. The molecule has 0 saturated carbocycles. The number of halogens is 3. The van der Waals surface area contributed by atoms with E-state index >= 15 is 0 Å². The van der Waals surface area contributed by atoms with Crippen molar-refractivity contribution in [3.05, 3.63) is 37.9 Å². The van der Waals surface area contributed by atoms with Gasteiger partial charge in [-0.25, -0.2) is 4.79 Å². The van der Waals surface area contributed by atoms with Gasteiger partial charge < -0.3 is 10.1 Å². The maximum Gasteiger partial charge on any atom is 0.416 e. The number of anilines is 1. The minimum atomic E-state index is -5.02. The second-order valence-corrected chi connectivity index (χ2v) is 5.29. The molecule has 1 N–H and O–H groups in total. The number of benzene rings is 1. The van der Waals surface area contributed by atoms with Crippen molar-refractivity contribution in [2.24, 2.45) is 5.92 Å². The molecule has 1 aromatic carbocycles. The highest BCUT2D eigenvalue weighted by atomic mass is 19.4. The van der Waals surface area contributed by atoms with Crippen molar-refractivity contribution in [2.45, 2.75) is 26.1 Å². The summed E-state index contributed by atoms with van der Waals surface area (Å²) in [7, 11) is 1.04. The lowest BCUT2D eigenvalue weighted by Crippen LogP contribution is -2.36. The molecule has 0 aliphatic carbocycles. The van der Waals surface area contributed by atoms with Crippen LogP contribution in [0.15, 0.2) is 12.1 Å². The standard InChI is InChI=1S/C13H14F3N3O6/c1-6(2)10(12(20)25-3)17-11-8(18(21)22)4-7(13(14,15)16)5-9(11)19(23)24/h4-6,10,17H,1-3H3. The number of rotatable bonds is 6. The number of alkyl halides is 3. The van der Waals surface area contributed by atoms with Gasteiger partial charge in [0, 0.05) is 12.1 Å². The second-order valence-electron chi connectivity index (χ2n) is 5.29. The molecule has 0 amide bonds. The number of methoxy groups -OCH3 is 1. The van der Waals surface area contributed by atoms with Crippen molar-refractivity contribution in [2.75, 3.05) is 12.4 Å². The molecule has 0 aliphatic heterocycles. The van der Waals surface area contributed by atoms with Gasteiger partial charge in [-0.1, -0.05) is 13.8 Å². The maximum absolute atomic E-state index is 12.8. The fourth-order valence-corrected chi connectivity index (χ4v) is 1.99. The maximum atomic E-state index is 12.8. The predicted molar refractivity (Wildman–Crippen MR) is 79.0 cm³/mol. The number of esters is 1. The van der Waals surface area contributed by atoms with Gasteiger partial charge in [0.15, 0.2) is 5.69 Å². The van der Waals surface area contributed by atoms with E-state index in [9.17, 15) is 38.2 Å². The lowest BCUT2D eigenvalue weighted by Gasteiger charge is -2.21. The molecular weight excluding hydrogens is 351 g/mol. The summed E-state index contributed by atoms with van der Waals surface area (Å²) in [6.45, 7) is 3.05. The number of hydrogen-bond donors (Lipinski definition) is 1. The van der Waals surface area contributed by atoms with Crippen LogP contribution >= 0.6 is 0 Å². The summed E-state index contributed by atoms with van der Waals surface area (Å²) in [4.78, 5) is 31.6. The van der Waals surface area contributed by atoms with Crippen molar-refractivity contribution in [1.29, 1.82) is 0 Å². The molecular formula is C13H14F3N3O6. The van der Waals surface area contributed by atoms with Gasteiger partial charge in [-0.2, -0.15) is 13.2 Å². The van der Waals surface area contributed by atoms with E-state index in [4.69, 9.17) is 0 Å². The van der Waals surface area contributed by atoms with Gasteiger partial charge in [0.25, 0.3) is 11.4 Å². The quantitative estimate of drug-likeness (QED) is 0.466. The largest absolute Gasteiger partial charge is 0.467 e. The van der Waals surface area contributed by atoms with Crippen LogP contribution in [0.4, 0.5) is 30.2 Å². The third-order valence-corrected chi connectivity index (χ3v) is 3.24. The predicted octanol–water partition coefficient (Wildman–Crippen LogP) is 3.13. The molecule has 25 heavy (non-hydrogen) atoms. The third kappa shape index (κ3) is 4.55. The molecule has 0 aliphatic rings. The van der Waals surface area contributed by atoms with E-state index in [-0.39, 0.29) is 12.1 Å². The van der Waals surface area contributed by atoms with Crippen molar-refractivity contribution in [1.82, 2.24) is 0 Å². The van der Waals surface area contributed by atoms with Gasteiger partial charge in [-0.3, -0.25) is 20.2 Å². The fourth-order valence-electron chi connectivity index (χ4n) is 1.99. The number of ether oxygens (including phenoxy) is 1. The van der Waals surface area contributed by atoms with Crippen molar-refractivity contribution < 1.29 is 32.5 Å². The summed E-state index contributed by atoms with van der Waals surface area (Å²) < 4.78 is 43.0. The van der Waals surface area contributed by atoms with Crippen LogP contribution in [0.1, 0.15) is 19.4 Å². The van der Waals surface area contributed by atoms with Gasteiger partial charge in [-0.15, -0.1) is 0 Å². The van der Waals surface area contributed by atoms with E-state index in [1.54, 1.807) is 0 Å². The van der Waals surface area contributed by atoms with E-state index in [0.717, 1.165) is 7.11 Å². The molecule has 1 unspecified atom stereocenters. The second kappa shape index (κ2) is 7.32. The van der Waals surface area contributed by atoms with Crippen molar-refractivity contribution in [3.63, 3.8) is 0 Å². The van der Waals surface area contributed by atoms with E-state index in [0.29, 0.717) is 0 Å². The first-order chi connectivity index (χ1) is 11.4. The minimum absolute atomic E-state index is 0.171. The average Bonchev–Trinajstić information content (AvgIpc) is 2.49. The fraction of sp³-hybridized carbons (Fsp3) is 0.462. The van der Waals surface area contributed by atoms with E-state index in [1.165, 1.54) is 13.8 Å². The SMILES string of the molecule is COC(=O)C(Nc1c([N+](=O)[O-])cc(C(F)(F)F)cc1[N+](=O)[O-])C(C)C. The van der Waals surface area contributed by atoms with Crippen LogP contribution in [0.25, 0.3) is 0 Å². The minimum Gasteiger partial charge on any atom is -0.467 e. The first kappa shape index (κ1) is 20.1. The summed E-state index contributed by atoms with van der Waals surface area (Å²) in [6, 6.07) is -0.896. The summed E-state index contributed by atoms with van der Waals surface area (Å²) in [5.41, 5.74) is -4.69. The van der Waals surface area contributed by atoms with Gasteiger partial charge in [0.1, 0.15) is 6.04 Å². The molecule has 0 radical (unpaired) electrons. The van der Waals surface area contributed by atoms with E-state index in [1.807, 2.05) is 0 Å². The number of nitro groups is 2. The lowest BCUT2D eigenvalue weighted by atomic mass is 10.0. The molecule has 0 heterocycles. The zero-order chi connectivity index (χ0) is 19.5. The van der Waals surface area contributed by atoms with Gasteiger partial charge >= 0.3 is 12.1 Å². The average molecular weight is 365 g/mol. The number of nitrogens with one attached hydrogen (secondary N) is 1. The summed E-state index contributed by atoms with van der Waals surface area (Å²) in [5.74, 6) is -1.40. The smallest absolute Gasteiger partial charge is 0.416 e. The number of carbonyl (C=O) groups excluding carboxylic acids is 1. The molecule has 0 spiro atoms. The Morgan fingerprint density at radius 3 is 1.88 bits per heavy atom. The number of carbonyl (C=O) groups is 1. The molecule has 0 saturated heterocycles. The highest BCUT2D eigenvalue weighted by molar-refractivity contribution is 5.84. The van der Waals surface area contributed by atoms with E-state index in [2.05, 4.69) is 10.1 Å². The topological polar surface area (TPSA) is 125 Å². The molecule has 1 rings (SSSR count). The Hall–Kier alpha value is -2.92. The van der Waals surface area contributed by atoms with Crippen molar-refractivity contribution >= 4 is 23.0 Å². The van der Waals surface area contributed by atoms with Crippen LogP contribution in [-0.2, 0) is 15.7 Å². The molecule has 1 atom stereocenters. The summed E-state index contributed by atoms with van der Waals surface area (Å²) in [5, 5.41) is 24.5. The lowest BCUT2D eigenvalue weighted by molar-refractivity contribution is -0.392.